The molecular formula is C10H18N2O3. The summed E-state index contributed by atoms with van der Waals surface area (Å²) >= 11 is 0. The van der Waals surface area contributed by atoms with Crippen LogP contribution in [0.25, 0.3) is 0 Å². The Morgan fingerprint density at radius 2 is 2.00 bits per heavy atom. The fraction of sp³-hybridized carbons (Fsp3) is 0.800. The lowest BCUT2D eigenvalue weighted by Crippen LogP contribution is -2.54. The zero-order chi connectivity index (χ0) is 11.6. The monoisotopic (exact) mass is 214 g/mol. The molecule has 0 aromatic carbocycles. The molecule has 5 heteroatoms. The van der Waals surface area contributed by atoms with Crippen molar-refractivity contribution in [2.24, 2.45) is 17.6 Å². The lowest BCUT2D eigenvalue weighted by atomic mass is 9.93. The predicted octanol–water partition coefficient (Wildman–Crippen LogP) is -0.0972. The van der Waals surface area contributed by atoms with E-state index in [-0.39, 0.29) is 30.2 Å². The molecule has 1 fully saturated rings. The maximum Gasteiger partial charge on any atom is 0.303 e. The SMILES string of the molecule is CC(N)C(C)C(=O)N1CC(CC(=O)O)C1. The Labute approximate surface area is 89.2 Å². The first-order chi connectivity index (χ1) is 6.91. The average Bonchev–Trinajstić information content (AvgIpc) is 2.07. The quantitative estimate of drug-likeness (QED) is 0.684. The normalized spacial score (nSPS) is 20.6. The molecule has 0 aliphatic carbocycles. The van der Waals surface area contributed by atoms with Crippen molar-refractivity contribution < 1.29 is 14.7 Å². The first kappa shape index (κ1) is 12.0. The van der Waals surface area contributed by atoms with Crippen LogP contribution < -0.4 is 5.73 Å². The average molecular weight is 214 g/mol. The van der Waals surface area contributed by atoms with E-state index in [0.29, 0.717) is 13.1 Å². The van der Waals surface area contributed by atoms with E-state index in [1.807, 2.05) is 0 Å². The summed E-state index contributed by atoms with van der Waals surface area (Å²) in [6.07, 6.45) is 0.149. The summed E-state index contributed by atoms with van der Waals surface area (Å²) in [6, 6.07) is -0.156. The number of nitrogens with zero attached hydrogens (tertiary/aromatic N) is 1. The summed E-state index contributed by atoms with van der Waals surface area (Å²) < 4.78 is 0. The minimum atomic E-state index is -0.799. The third-order valence-corrected chi connectivity index (χ3v) is 2.91. The number of hydrogen-bond acceptors (Lipinski definition) is 3. The second-order valence-corrected chi connectivity index (χ2v) is 4.35. The number of aliphatic carboxylic acids is 1. The minimum absolute atomic E-state index is 0.0339. The van der Waals surface area contributed by atoms with Crippen molar-refractivity contribution in [2.75, 3.05) is 13.1 Å². The Bertz CT molecular complexity index is 259. The van der Waals surface area contributed by atoms with Crippen molar-refractivity contribution in [2.45, 2.75) is 26.3 Å². The molecule has 0 aromatic rings. The largest absolute Gasteiger partial charge is 0.481 e. The van der Waals surface area contributed by atoms with Crippen LogP contribution in [0.3, 0.4) is 0 Å². The number of carbonyl (C=O) groups is 2. The van der Waals surface area contributed by atoms with E-state index in [4.69, 9.17) is 10.8 Å². The highest BCUT2D eigenvalue weighted by molar-refractivity contribution is 5.80. The number of carbonyl (C=O) groups excluding carboxylic acids is 1. The molecule has 0 bridgehead atoms. The van der Waals surface area contributed by atoms with Crippen LogP contribution in [0.2, 0.25) is 0 Å². The molecular weight excluding hydrogens is 196 g/mol. The highest BCUT2D eigenvalue weighted by atomic mass is 16.4. The lowest BCUT2D eigenvalue weighted by Gasteiger charge is -2.40. The molecule has 3 N–H and O–H groups in total. The van der Waals surface area contributed by atoms with Gasteiger partial charge < -0.3 is 15.7 Å². The maximum absolute atomic E-state index is 11.7. The zero-order valence-corrected chi connectivity index (χ0v) is 9.14. The number of likely N-dealkylation sites (tertiary alicyclic amines) is 1. The molecule has 2 atom stereocenters. The number of carboxylic acid groups (broad SMARTS) is 1. The van der Waals surface area contributed by atoms with Gasteiger partial charge in [-0.25, -0.2) is 0 Å². The van der Waals surface area contributed by atoms with Crippen molar-refractivity contribution in [1.29, 1.82) is 0 Å². The fourth-order valence-corrected chi connectivity index (χ4v) is 1.64. The molecule has 15 heavy (non-hydrogen) atoms. The van der Waals surface area contributed by atoms with Gasteiger partial charge in [0.2, 0.25) is 5.91 Å². The Morgan fingerprint density at radius 3 is 2.40 bits per heavy atom. The standard InChI is InChI=1S/C10H18N2O3/c1-6(7(2)11)10(15)12-4-8(5-12)3-9(13)14/h6-8H,3-5,11H2,1-2H3,(H,13,14). The van der Waals surface area contributed by atoms with Crippen molar-refractivity contribution in [3.8, 4) is 0 Å². The molecule has 0 radical (unpaired) electrons. The van der Waals surface area contributed by atoms with E-state index in [2.05, 4.69) is 0 Å². The van der Waals surface area contributed by atoms with Crippen LogP contribution in [0.1, 0.15) is 20.3 Å². The van der Waals surface area contributed by atoms with Gasteiger partial charge in [0.1, 0.15) is 0 Å². The van der Waals surface area contributed by atoms with Gasteiger partial charge in [-0.15, -0.1) is 0 Å². The van der Waals surface area contributed by atoms with E-state index in [9.17, 15) is 9.59 Å². The highest BCUT2D eigenvalue weighted by Crippen LogP contribution is 2.21. The van der Waals surface area contributed by atoms with Crippen LogP contribution in [0.15, 0.2) is 0 Å². The van der Waals surface area contributed by atoms with E-state index >= 15 is 0 Å². The molecule has 1 heterocycles. The van der Waals surface area contributed by atoms with Crippen molar-refractivity contribution in [3.05, 3.63) is 0 Å². The summed E-state index contributed by atoms with van der Waals surface area (Å²) in [5.41, 5.74) is 5.63. The third-order valence-electron chi connectivity index (χ3n) is 2.91. The van der Waals surface area contributed by atoms with Crippen molar-refractivity contribution in [1.82, 2.24) is 4.90 Å². The summed E-state index contributed by atoms with van der Waals surface area (Å²) in [4.78, 5) is 23.8. The predicted molar refractivity (Wildman–Crippen MR) is 55.1 cm³/mol. The molecule has 1 amide bonds. The van der Waals surface area contributed by atoms with Gasteiger partial charge in [0.15, 0.2) is 0 Å². The topological polar surface area (TPSA) is 83.6 Å². The zero-order valence-electron chi connectivity index (χ0n) is 9.14. The fourth-order valence-electron chi connectivity index (χ4n) is 1.64. The minimum Gasteiger partial charge on any atom is -0.481 e. The Balaban J connectivity index is 2.32. The molecule has 5 nitrogen and oxygen atoms in total. The molecule has 1 aliphatic rings. The van der Waals surface area contributed by atoms with E-state index < -0.39 is 5.97 Å². The van der Waals surface area contributed by atoms with Crippen molar-refractivity contribution >= 4 is 11.9 Å². The van der Waals surface area contributed by atoms with Crippen LogP contribution >= 0.6 is 0 Å². The van der Waals surface area contributed by atoms with Crippen LogP contribution in [0, 0.1) is 11.8 Å². The molecule has 2 unspecified atom stereocenters. The molecule has 1 aliphatic heterocycles. The summed E-state index contributed by atoms with van der Waals surface area (Å²) in [7, 11) is 0. The van der Waals surface area contributed by atoms with Gasteiger partial charge in [-0.3, -0.25) is 9.59 Å². The van der Waals surface area contributed by atoms with Gasteiger partial charge >= 0.3 is 5.97 Å². The number of amides is 1. The van der Waals surface area contributed by atoms with Gasteiger partial charge in [-0.1, -0.05) is 6.92 Å². The second kappa shape index (κ2) is 4.61. The van der Waals surface area contributed by atoms with Crippen LogP contribution in [0.4, 0.5) is 0 Å². The molecule has 0 aromatic heterocycles. The van der Waals surface area contributed by atoms with Crippen LogP contribution in [-0.4, -0.2) is 41.0 Å². The smallest absolute Gasteiger partial charge is 0.303 e. The summed E-state index contributed by atoms with van der Waals surface area (Å²) in [6.45, 7) is 4.72. The Morgan fingerprint density at radius 1 is 1.47 bits per heavy atom. The van der Waals surface area contributed by atoms with Gasteiger partial charge in [0.25, 0.3) is 0 Å². The number of carboxylic acids is 1. The van der Waals surface area contributed by atoms with Gasteiger partial charge in [-0.05, 0) is 6.92 Å². The van der Waals surface area contributed by atoms with Crippen molar-refractivity contribution in [3.63, 3.8) is 0 Å². The molecule has 86 valence electrons. The van der Waals surface area contributed by atoms with E-state index in [0.717, 1.165) is 0 Å². The van der Waals surface area contributed by atoms with Crippen LogP contribution in [-0.2, 0) is 9.59 Å². The maximum atomic E-state index is 11.7. The molecule has 1 saturated heterocycles. The van der Waals surface area contributed by atoms with E-state index in [1.54, 1.807) is 18.7 Å². The molecule has 1 rings (SSSR count). The first-order valence-corrected chi connectivity index (χ1v) is 5.18. The lowest BCUT2D eigenvalue weighted by molar-refractivity contribution is -0.147. The molecule has 0 spiro atoms. The highest BCUT2D eigenvalue weighted by Gasteiger charge is 2.34. The van der Waals surface area contributed by atoms with Crippen LogP contribution in [0.5, 0.6) is 0 Å². The summed E-state index contributed by atoms with van der Waals surface area (Å²) in [5.74, 6) is -0.832. The van der Waals surface area contributed by atoms with Gasteiger partial charge in [0, 0.05) is 25.0 Å². The number of hydrogen-bond donors (Lipinski definition) is 2. The second-order valence-electron chi connectivity index (χ2n) is 4.35. The third kappa shape index (κ3) is 2.92. The van der Waals surface area contributed by atoms with E-state index in [1.165, 1.54) is 0 Å². The number of nitrogens with two attached hydrogens (primary N) is 1. The molecule has 0 saturated carbocycles. The first-order valence-electron chi connectivity index (χ1n) is 5.18. The number of rotatable bonds is 4. The van der Waals surface area contributed by atoms with Gasteiger partial charge in [-0.2, -0.15) is 0 Å². The van der Waals surface area contributed by atoms with Gasteiger partial charge in [0.05, 0.1) is 12.3 Å². The Hall–Kier alpha value is -1.10. The Kier molecular flexibility index (Phi) is 3.68. The summed E-state index contributed by atoms with van der Waals surface area (Å²) in [5, 5.41) is 8.55.